The number of urea groups is 1. The Morgan fingerprint density at radius 1 is 0.867 bits per heavy atom. The van der Waals surface area contributed by atoms with Crippen molar-refractivity contribution in [1.29, 1.82) is 0 Å². The zero-order valence-corrected chi connectivity index (χ0v) is 15.9. The summed E-state index contributed by atoms with van der Waals surface area (Å²) >= 11 is 0. The zero-order chi connectivity index (χ0) is 20.9. The molecule has 3 aromatic rings. The number of piperazine rings is 1. The van der Waals surface area contributed by atoms with Gasteiger partial charge in [0, 0.05) is 32.4 Å². The molecule has 1 saturated heterocycles. The van der Waals surface area contributed by atoms with Gasteiger partial charge in [-0.25, -0.2) is 18.6 Å². The van der Waals surface area contributed by atoms with Crippen molar-refractivity contribution >= 4 is 29.2 Å². The highest BCUT2D eigenvalue weighted by atomic mass is 19.1. The molecule has 0 atom stereocenters. The van der Waals surface area contributed by atoms with Crippen LogP contribution < -0.4 is 15.5 Å². The number of hydrogen-bond acceptors (Lipinski definition) is 6. The minimum Gasteiger partial charge on any atom is -0.352 e. The smallest absolute Gasteiger partial charge is 0.322 e. The number of pyridine rings is 1. The molecule has 0 unspecified atom stereocenters. The summed E-state index contributed by atoms with van der Waals surface area (Å²) in [6.07, 6.45) is 1.68. The summed E-state index contributed by atoms with van der Waals surface area (Å²) < 4.78 is 27.5. The van der Waals surface area contributed by atoms with Crippen LogP contribution in [0, 0.1) is 11.6 Å². The number of carbonyl (C=O) groups is 1. The molecule has 0 saturated carbocycles. The van der Waals surface area contributed by atoms with Gasteiger partial charge in [0.05, 0.1) is 0 Å². The van der Waals surface area contributed by atoms with E-state index in [-0.39, 0.29) is 0 Å². The number of para-hydroxylation sites is 1. The van der Waals surface area contributed by atoms with Crippen LogP contribution in [0.15, 0.2) is 54.7 Å². The first-order chi connectivity index (χ1) is 14.6. The number of rotatable bonds is 4. The molecule has 0 spiro atoms. The van der Waals surface area contributed by atoms with Crippen molar-refractivity contribution in [1.82, 2.24) is 20.1 Å². The average molecular weight is 411 g/mol. The fraction of sp³-hybridized carbons (Fsp3) is 0.200. The number of hydrogen-bond donors (Lipinski definition) is 2. The minimum absolute atomic E-state index is 0.386. The van der Waals surface area contributed by atoms with Crippen molar-refractivity contribution in [3.63, 3.8) is 0 Å². The maximum atomic E-state index is 13.7. The van der Waals surface area contributed by atoms with Crippen molar-refractivity contribution in [2.24, 2.45) is 0 Å². The Kier molecular flexibility index (Phi) is 5.64. The maximum absolute atomic E-state index is 13.7. The first kappa shape index (κ1) is 19.5. The van der Waals surface area contributed by atoms with Gasteiger partial charge in [-0.3, -0.25) is 0 Å². The second kappa shape index (κ2) is 8.68. The van der Waals surface area contributed by atoms with E-state index in [0.29, 0.717) is 43.6 Å². The lowest BCUT2D eigenvalue weighted by atomic mass is 10.3. The molecular formula is C20H19F2N7O. The lowest BCUT2D eigenvalue weighted by Crippen LogP contribution is -2.50. The molecule has 0 bridgehead atoms. The van der Waals surface area contributed by atoms with Crippen LogP contribution in [0.2, 0.25) is 0 Å². The summed E-state index contributed by atoms with van der Waals surface area (Å²) in [5.41, 5.74) is -0.438. The van der Waals surface area contributed by atoms with Gasteiger partial charge in [-0.2, -0.15) is 0 Å². The van der Waals surface area contributed by atoms with Crippen LogP contribution >= 0.6 is 0 Å². The summed E-state index contributed by atoms with van der Waals surface area (Å²) in [4.78, 5) is 20.0. The number of carbonyl (C=O) groups excluding carboxylic acids is 1. The summed E-state index contributed by atoms with van der Waals surface area (Å²) in [5.74, 6) is 0.308. The summed E-state index contributed by atoms with van der Waals surface area (Å²) in [7, 11) is 0. The molecule has 0 radical (unpaired) electrons. The van der Waals surface area contributed by atoms with Gasteiger partial charge in [-0.15, -0.1) is 10.2 Å². The largest absolute Gasteiger partial charge is 0.352 e. The van der Waals surface area contributed by atoms with E-state index in [2.05, 4.69) is 25.8 Å². The van der Waals surface area contributed by atoms with Crippen LogP contribution in [0.1, 0.15) is 0 Å². The van der Waals surface area contributed by atoms with E-state index in [4.69, 9.17) is 0 Å². The second-order valence-electron chi connectivity index (χ2n) is 6.62. The highest BCUT2D eigenvalue weighted by molar-refractivity contribution is 5.89. The number of halogens is 2. The molecule has 8 nitrogen and oxygen atoms in total. The molecule has 3 heterocycles. The third kappa shape index (κ3) is 4.43. The Morgan fingerprint density at radius 2 is 1.63 bits per heavy atom. The number of amides is 2. The van der Waals surface area contributed by atoms with Crippen LogP contribution in [0.25, 0.3) is 0 Å². The first-order valence-corrected chi connectivity index (χ1v) is 9.37. The minimum atomic E-state index is -0.809. The van der Waals surface area contributed by atoms with Crippen molar-refractivity contribution in [3.05, 3.63) is 66.4 Å². The molecule has 30 heavy (non-hydrogen) atoms. The molecule has 0 aliphatic carbocycles. The number of nitrogens with one attached hydrogen (secondary N) is 2. The van der Waals surface area contributed by atoms with E-state index >= 15 is 0 Å². The van der Waals surface area contributed by atoms with E-state index in [0.717, 1.165) is 12.1 Å². The standard InChI is InChI=1S/C20H19F2N7O/c21-14-4-3-5-15(22)19(14)25-20(30)29-12-10-28(11-13-29)18-8-7-17(26-27-18)24-16-6-1-2-9-23-16/h1-9H,10-13H2,(H,25,30)(H,23,24,26). The Labute approximate surface area is 171 Å². The van der Waals surface area contributed by atoms with Crippen LogP contribution in [-0.4, -0.2) is 52.3 Å². The monoisotopic (exact) mass is 411 g/mol. The zero-order valence-electron chi connectivity index (χ0n) is 15.9. The van der Waals surface area contributed by atoms with Gasteiger partial charge < -0.3 is 20.4 Å². The molecular weight excluding hydrogens is 392 g/mol. The molecule has 2 aromatic heterocycles. The van der Waals surface area contributed by atoms with Gasteiger partial charge in [0.1, 0.15) is 23.1 Å². The van der Waals surface area contributed by atoms with Crippen molar-refractivity contribution in [3.8, 4) is 0 Å². The molecule has 1 fully saturated rings. The average Bonchev–Trinajstić information content (AvgIpc) is 2.78. The predicted octanol–water partition coefficient (Wildman–Crippen LogP) is 3.25. The summed E-state index contributed by atoms with van der Waals surface area (Å²) in [6.45, 7) is 1.82. The topological polar surface area (TPSA) is 86.3 Å². The Balaban J connectivity index is 1.32. The van der Waals surface area contributed by atoms with Crippen LogP contribution in [0.5, 0.6) is 0 Å². The predicted molar refractivity (Wildman–Crippen MR) is 109 cm³/mol. The second-order valence-corrected chi connectivity index (χ2v) is 6.62. The van der Waals surface area contributed by atoms with E-state index in [1.807, 2.05) is 29.2 Å². The van der Waals surface area contributed by atoms with Crippen molar-refractivity contribution < 1.29 is 13.6 Å². The Hall–Kier alpha value is -3.82. The quantitative estimate of drug-likeness (QED) is 0.686. The number of nitrogens with zero attached hydrogens (tertiary/aromatic N) is 5. The molecule has 2 N–H and O–H groups in total. The van der Waals surface area contributed by atoms with E-state index in [9.17, 15) is 13.6 Å². The van der Waals surface area contributed by atoms with Gasteiger partial charge in [0.2, 0.25) is 0 Å². The van der Waals surface area contributed by atoms with Gasteiger partial charge in [0.15, 0.2) is 11.6 Å². The van der Waals surface area contributed by atoms with Gasteiger partial charge in [-0.05, 0) is 36.4 Å². The summed E-state index contributed by atoms with van der Waals surface area (Å²) in [6, 6.07) is 12.1. The molecule has 10 heteroatoms. The summed E-state index contributed by atoms with van der Waals surface area (Å²) in [5, 5.41) is 13.8. The fourth-order valence-corrected chi connectivity index (χ4v) is 3.07. The number of aromatic nitrogens is 3. The maximum Gasteiger partial charge on any atom is 0.322 e. The Morgan fingerprint density at radius 3 is 2.27 bits per heavy atom. The van der Waals surface area contributed by atoms with Gasteiger partial charge in [-0.1, -0.05) is 12.1 Å². The van der Waals surface area contributed by atoms with Crippen molar-refractivity contribution in [2.75, 3.05) is 41.7 Å². The van der Waals surface area contributed by atoms with Crippen LogP contribution in [0.3, 0.4) is 0 Å². The highest BCUT2D eigenvalue weighted by Crippen LogP contribution is 2.20. The van der Waals surface area contributed by atoms with Crippen LogP contribution in [-0.2, 0) is 0 Å². The molecule has 154 valence electrons. The molecule has 1 aliphatic rings. The number of anilines is 4. The SMILES string of the molecule is O=C(Nc1c(F)cccc1F)N1CCN(c2ccc(Nc3ccccn3)nn2)CC1. The van der Waals surface area contributed by atoms with Crippen LogP contribution in [0.4, 0.5) is 36.7 Å². The Bertz CT molecular complexity index is 989. The van der Waals surface area contributed by atoms with Crippen molar-refractivity contribution in [2.45, 2.75) is 0 Å². The number of benzene rings is 1. The van der Waals surface area contributed by atoms with Gasteiger partial charge in [0.25, 0.3) is 0 Å². The first-order valence-electron chi connectivity index (χ1n) is 9.37. The molecule has 2 amide bonds. The van der Waals surface area contributed by atoms with E-state index in [1.54, 1.807) is 12.3 Å². The fourth-order valence-electron chi connectivity index (χ4n) is 3.07. The normalized spacial score (nSPS) is 13.8. The molecule has 1 aromatic carbocycles. The molecule has 1 aliphatic heterocycles. The third-order valence-electron chi connectivity index (χ3n) is 4.66. The third-order valence-corrected chi connectivity index (χ3v) is 4.66. The van der Waals surface area contributed by atoms with E-state index in [1.165, 1.54) is 11.0 Å². The lowest BCUT2D eigenvalue weighted by molar-refractivity contribution is 0.208. The van der Waals surface area contributed by atoms with Gasteiger partial charge >= 0.3 is 6.03 Å². The molecule has 4 rings (SSSR count). The van der Waals surface area contributed by atoms with E-state index < -0.39 is 23.4 Å². The lowest BCUT2D eigenvalue weighted by Gasteiger charge is -2.35. The highest BCUT2D eigenvalue weighted by Gasteiger charge is 2.23.